The van der Waals surface area contributed by atoms with E-state index in [2.05, 4.69) is 42.8 Å². The van der Waals surface area contributed by atoms with Gasteiger partial charge in [0.25, 0.3) is 0 Å². The Balaban J connectivity index is 1.41. The lowest BCUT2D eigenvalue weighted by Gasteiger charge is -2.34. The average molecular weight is 403 g/mol. The molecule has 3 aromatic rings. The van der Waals surface area contributed by atoms with Crippen molar-refractivity contribution in [3.63, 3.8) is 0 Å². The summed E-state index contributed by atoms with van der Waals surface area (Å²) in [6, 6.07) is 9.80. The fourth-order valence-corrected chi connectivity index (χ4v) is 3.55. The van der Waals surface area contributed by atoms with E-state index in [1.165, 1.54) is 5.56 Å². The third-order valence-corrected chi connectivity index (χ3v) is 5.09. The average Bonchev–Trinajstić information content (AvgIpc) is 2.92. The highest BCUT2D eigenvalue weighted by molar-refractivity contribution is 9.10. The van der Waals surface area contributed by atoms with Gasteiger partial charge in [0.1, 0.15) is 0 Å². The molecule has 6 nitrogen and oxygen atoms in total. The fourth-order valence-electron chi connectivity index (χ4n) is 3.21. The van der Waals surface area contributed by atoms with Gasteiger partial charge in [-0.2, -0.15) is 0 Å². The van der Waals surface area contributed by atoms with Gasteiger partial charge in [-0.3, -0.25) is 19.4 Å². The molecule has 0 aliphatic carbocycles. The van der Waals surface area contributed by atoms with E-state index in [0.717, 1.165) is 42.7 Å². The number of hydrogen-bond donors (Lipinski definition) is 0. The van der Waals surface area contributed by atoms with E-state index in [1.807, 2.05) is 30.6 Å². The molecule has 0 spiro atoms. The lowest BCUT2D eigenvalue weighted by Crippen LogP contribution is -2.47. The maximum Gasteiger partial charge on any atom is 0.421 e. The summed E-state index contributed by atoms with van der Waals surface area (Å²) in [5.74, 6) is -0.299. The molecule has 1 aliphatic heterocycles. The molecule has 2 aromatic heterocycles. The van der Waals surface area contributed by atoms with Gasteiger partial charge in [0.05, 0.1) is 12.2 Å². The van der Waals surface area contributed by atoms with Crippen LogP contribution in [0.15, 0.2) is 56.4 Å². The number of fused-ring (bicyclic) bond motifs is 1. The van der Waals surface area contributed by atoms with Crippen molar-refractivity contribution in [1.29, 1.82) is 0 Å². The van der Waals surface area contributed by atoms with Crippen LogP contribution in [0, 0.1) is 0 Å². The van der Waals surface area contributed by atoms with Crippen LogP contribution in [-0.4, -0.2) is 45.5 Å². The Labute approximate surface area is 153 Å². The van der Waals surface area contributed by atoms with Crippen LogP contribution in [0.4, 0.5) is 0 Å². The van der Waals surface area contributed by atoms with Crippen LogP contribution in [0.5, 0.6) is 0 Å². The van der Waals surface area contributed by atoms with Gasteiger partial charge < -0.3 is 4.42 Å². The smallest absolute Gasteiger partial charge is 0.408 e. The van der Waals surface area contributed by atoms with Crippen LogP contribution in [0.1, 0.15) is 5.56 Å². The van der Waals surface area contributed by atoms with Gasteiger partial charge in [-0.1, -0.05) is 15.9 Å². The minimum absolute atomic E-state index is 0.299. The van der Waals surface area contributed by atoms with Gasteiger partial charge in [0.2, 0.25) is 0 Å². The molecule has 0 amide bonds. The third-order valence-electron chi connectivity index (χ3n) is 4.59. The van der Waals surface area contributed by atoms with Crippen LogP contribution >= 0.6 is 15.9 Å². The molecule has 7 heteroatoms. The second-order valence-electron chi connectivity index (χ2n) is 6.30. The molecule has 25 heavy (non-hydrogen) atoms. The SMILES string of the molecule is O=c1oc2cc(Br)ccc2n1CN1CCN(Cc2ccncc2)CC1. The van der Waals surface area contributed by atoms with E-state index in [4.69, 9.17) is 4.42 Å². The van der Waals surface area contributed by atoms with Crippen LogP contribution in [0.25, 0.3) is 11.1 Å². The lowest BCUT2D eigenvalue weighted by molar-refractivity contribution is 0.102. The van der Waals surface area contributed by atoms with Crippen molar-refractivity contribution in [2.24, 2.45) is 0 Å². The molecule has 0 bridgehead atoms. The number of oxazole rings is 1. The molecular weight excluding hydrogens is 384 g/mol. The maximum absolute atomic E-state index is 12.2. The number of nitrogens with zero attached hydrogens (tertiary/aromatic N) is 4. The Morgan fingerprint density at radius 1 is 1.04 bits per heavy atom. The minimum atomic E-state index is -0.299. The van der Waals surface area contributed by atoms with E-state index in [9.17, 15) is 4.79 Å². The van der Waals surface area contributed by atoms with Crippen LogP contribution in [0.2, 0.25) is 0 Å². The Morgan fingerprint density at radius 2 is 1.76 bits per heavy atom. The van der Waals surface area contributed by atoms with Crippen LogP contribution in [0.3, 0.4) is 0 Å². The van der Waals surface area contributed by atoms with Crippen LogP contribution < -0.4 is 5.76 Å². The van der Waals surface area contributed by atoms with Crippen molar-refractivity contribution in [3.05, 3.63) is 63.3 Å². The quantitative estimate of drug-likeness (QED) is 0.670. The summed E-state index contributed by atoms with van der Waals surface area (Å²) in [6.45, 7) is 5.34. The molecule has 130 valence electrons. The molecule has 4 rings (SSSR count). The van der Waals surface area contributed by atoms with Gasteiger partial charge >= 0.3 is 5.76 Å². The number of hydrogen-bond acceptors (Lipinski definition) is 5. The van der Waals surface area contributed by atoms with Crippen molar-refractivity contribution in [2.45, 2.75) is 13.2 Å². The Hall–Kier alpha value is -1.96. The number of halogens is 1. The highest BCUT2D eigenvalue weighted by atomic mass is 79.9. The summed E-state index contributed by atoms with van der Waals surface area (Å²) >= 11 is 3.41. The second-order valence-corrected chi connectivity index (χ2v) is 7.21. The molecule has 0 atom stereocenters. The Bertz CT molecular complexity index is 914. The van der Waals surface area contributed by atoms with Crippen molar-refractivity contribution in [1.82, 2.24) is 19.4 Å². The highest BCUT2D eigenvalue weighted by Crippen LogP contribution is 2.19. The summed E-state index contributed by atoms with van der Waals surface area (Å²) in [5.41, 5.74) is 2.74. The number of pyridine rings is 1. The first-order valence-electron chi connectivity index (χ1n) is 8.31. The summed E-state index contributed by atoms with van der Waals surface area (Å²) < 4.78 is 7.97. The third kappa shape index (κ3) is 3.68. The molecule has 0 unspecified atom stereocenters. The molecular formula is C18H19BrN4O2. The largest absolute Gasteiger partial charge is 0.421 e. The van der Waals surface area contributed by atoms with Crippen molar-refractivity contribution in [3.8, 4) is 0 Å². The number of rotatable bonds is 4. The number of aromatic nitrogens is 2. The first-order chi connectivity index (χ1) is 12.2. The van der Waals surface area contributed by atoms with Gasteiger partial charge in [-0.25, -0.2) is 4.79 Å². The Morgan fingerprint density at radius 3 is 2.52 bits per heavy atom. The molecule has 0 saturated carbocycles. The van der Waals surface area contributed by atoms with E-state index in [-0.39, 0.29) is 5.76 Å². The van der Waals surface area contributed by atoms with E-state index in [1.54, 1.807) is 4.57 Å². The number of benzene rings is 1. The zero-order valence-electron chi connectivity index (χ0n) is 13.8. The van der Waals surface area contributed by atoms with Gasteiger partial charge in [-0.05, 0) is 35.9 Å². The molecule has 1 aromatic carbocycles. The minimum Gasteiger partial charge on any atom is -0.408 e. The summed E-state index contributed by atoms with van der Waals surface area (Å²) in [5, 5.41) is 0. The topological polar surface area (TPSA) is 54.5 Å². The molecule has 1 fully saturated rings. The van der Waals surface area contributed by atoms with Gasteiger partial charge in [0.15, 0.2) is 5.58 Å². The van der Waals surface area contributed by atoms with Crippen molar-refractivity contribution in [2.75, 3.05) is 26.2 Å². The van der Waals surface area contributed by atoms with Crippen molar-refractivity contribution < 1.29 is 4.42 Å². The summed E-state index contributed by atoms with van der Waals surface area (Å²) in [6.07, 6.45) is 3.67. The van der Waals surface area contributed by atoms with Crippen molar-refractivity contribution >= 4 is 27.0 Å². The first-order valence-corrected chi connectivity index (χ1v) is 9.11. The second kappa shape index (κ2) is 7.11. The molecule has 3 heterocycles. The van der Waals surface area contributed by atoms with E-state index in [0.29, 0.717) is 12.3 Å². The van der Waals surface area contributed by atoms with Gasteiger partial charge in [0, 0.05) is 49.6 Å². The highest BCUT2D eigenvalue weighted by Gasteiger charge is 2.19. The van der Waals surface area contributed by atoms with E-state index >= 15 is 0 Å². The molecule has 0 N–H and O–H groups in total. The molecule has 0 radical (unpaired) electrons. The predicted molar refractivity (Wildman–Crippen MR) is 99.3 cm³/mol. The zero-order valence-corrected chi connectivity index (χ0v) is 15.4. The van der Waals surface area contributed by atoms with E-state index < -0.39 is 0 Å². The van der Waals surface area contributed by atoms with Crippen LogP contribution in [-0.2, 0) is 13.2 Å². The lowest BCUT2D eigenvalue weighted by atomic mass is 10.2. The fraction of sp³-hybridized carbons (Fsp3) is 0.333. The summed E-state index contributed by atoms with van der Waals surface area (Å²) in [4.78, 5) is 20.9. The standard InChI is InChI=1S/C18H19BrN4O2/c19-15-1-2-16-17(11-15)25-18(24)23(16)13-22-9-7-21(8-10-22)12-14-3-5-20-6-4-14/h1-6,11H,7-10,12-13H2. The molecule has 1 saturated heterocycles. The predicted octanol–water partition coefficient (Wildman–Crippen LogP) is 2.53. The maximum atomic E-state index is 12.2. The first kappa shape index (κ1) is 16.5. The zero-order chi connectivity index (χ0) is 17.2. The monoisotopic (exact) mass is 402 g/mol. The normalized spacial score (nSPS) is 16.5. The Kier molecular flexibility index (Phi) is 4.70. The van der Waals surface area contributed by atoms with Gasteiger partial charge in [-0.15, -0.1) is 0 Å². The molecule has 1 aliphatic rings. The summed E-state index contributed by atoms with van der Waals surface area (Å²) in [7, 11) is 0. The number of piperazine rings is 1.